The number of fused-ring (bicyclic) bond motifs is 1. The fraction of sp³-hybridized carbons (Fsp3) is 0.353. The van der Waals surface area contributed by atoms with E-state index in [9.17, 15) is 0 Å². The number of nitrogens with two attached hydrogens (primary N) is 1. The summed E-state index contributed by atoms with van der Waals surface area (Å²) in [5.74, 6) is 2.74. The Morgan fingerprint density at radius 1 is 1.29 bits per heavy atom. The Hall–Kier alpha value is -2.67. The predicted molar refractivity (Wildman–Crippen MR) is 88.2 cm³/mol. The molecule has 2 heterocycles. The number of allylic oxidation sites excluding steroid dienone is 1. The molecule has 3 rings (SSSR count). The number of hydrogen-bond acceptors (Lipinski definition) is 6. The van der Waals surface area contributed by atoms with Crippen LogP contribution in [0, 0.1) is 0 Å². The van der Waals surface area contributed by atoms with Crippen LogP contribution in [-0.4, -0.2) is 30.8 Å². The van der Waals surface area contributed by atoms with Crippen molar-refractivity contribution in [2.75, 3.05) is 20.8 Å². The Labute approximate surface area is 140 Å². The minimum atomic E-state index is -0.114. The maximum Gasteiger partial charge on any atom is 0.243 e. The molecule has 7 heteroatoms. The molecule has 0 saturated heterocycles. The van der Waals surface area contributed by atoms with Gasteiger partial charge in [-0.05, 0) is 30.7 Å². The van der Waals surface area contributed by atoms with Crippen molar-refractivity contribution in [1.82, 2.24) is 9.97 Å². The number of aromatic nitrogens is 2. The third-order valence-electron chi connectivity index (χ3n) is 3.73. The van der Waals surface area contributed by atoms with Crippen LogP contribution in [-0.2, 0) is 11.3 Å². The van der Waals surface area contributed by atoms with Crippen LogP contribution in [0.25, 0.3) is 0 Å². The molecule has 1 aromatic heterocycles. The van der Waals surface area contributed by atoms with E-state index < -0.39 is 0 Å². The average Bonchev–Trinajstić information content (AvgIpc) is 2.97. The summed E-state index contributed by atoms with van der Waals surface area (Å²) in [4.78, 5) is 7.62. The second-order valence-corrected chi connectivity index (χ2v) is 5.33. The van der Waals surface area contributed by atoms with Crippen molar-refractivity contribution in [1.29, 1.82) is 0 Å². The minimum Gasteiger partial charge on any atom is -0.493 e. The summed E-state index contributed by atoms with van der Waals surface area (Å²) in [5.41, 5.74) is 7.74. The average molecular weight is 331 g/mol. The molecule has 0 bridgehead atoms. The summed E-state index contributed by atoms with van der Waals surface area (Å²) < 4.78 is 21.6. The zero-order valence-electron chi connectivity index (χ0n) is 14.0. The van der Waals surface area contributed by atoms with Gasteiger partial charge in [0.25, 0.3) is 0 Å². The lowest BCUT2D eigenvalue weighted by atomic mass is 9.94. The number of aromatic amines is 1. The van der Waals surface area contributed by atoms with E-state index in [1.165, 1.54) is 0 Å². The molecule has 1 aliphatic rings. The summed E-state index contributed by atoms with van der Waals surface area (Å²) in [6.45, 7) is 2.88. The molecule has 1 atom stereocenters. The molecule has 0 radical (unpaired) electrons. The first-order chi connectivity index (χ1) is 11.7. The smallest absolute Gasteiger partial charge is 0.243 e. The molecule has 0 unspecified atom stereocenters. The van der Waals surface area contributed by atoms with Crippen molar-refractivity contribution in [2.45, 2.75) is 19.4 Å². The topological polar surface area (TPSA) is 91.6 Å². The largest absolute Gasteiger partial charge is 0.493 e. The van der Waals surface area contributed by atoms with Crippen LogP contribution < -0.4 is 19.9 Å². The molecule has 7 nitrogen and oxygen atoms in total. The second-order valence-electron chi connectivity index (χ2n) is 5.33. The van der Waals surface area contributed by atoms with E-state index in [-0.39, 0.29) is 5.92 Å². The summed E-state index contributed by atoms with van der Waals surface area (Å²) in [6.07, 6.45) is 1.84. The fourth-order valence-electron chi connectivity index (χ4n) is 2.72. The summed E-state index contributed by atoms with van der Waals surface area (Å²) >= 11 is 0. The van der Waals surface area contributed by atoms with Crippen LogP contribution in [0.5, 0.6) is 17.4 Å². The van der Waals surface area contributed by atoms with Crippen molar-refractivity contribution in [3.05, 3.63) is 47.2 Å². The third-order valence-corrected chi connectivity index (χ3v) is 3.73. The normalized spacial score (nSPS) is 16.1. The van der Waals surface area contributed by atoms with E-state index in [0.29, 0.717) is 42.3 Å². The Morgan fingerprint density at radius 2 is 2.12 bits per heavy atom. The number of nitrogens with zero attached hydrogens (tertiary/aromatic N) is 1. The van der Waals surface area contributed by atoms with E-state index in [4.69, 9.17) is 24.7 Å². The van der Waals surface area contributed by atoms with Crippen LogP contribution in [0.15, 0.2) is 30.2 Å². The standard InChI is InChI=1S/C17H21N3O4/c1-4-23-12-6-5-10(7-13(12)22-3)11-8-14(18)24-17-16(11)19-15(20-17)9-21-2/h5-8,11H,4,9,18H2,1-3H3,(H,19,20)/t11-/m0/s1. The summed E-state index contributed by atoms with van der Waals surface area (Å²) in [5, 5.41) is 0. The number of H-pyrrole nitrogens is 1. The van der Waals surface area contributed by atoms with E-state index >= 15 is 0 Å². The number of benzene rings is 1. The lowest BCUT2D eigenvalue weighted by Crippen LogP contribution is -2.16. The Morgan fingerprint density at radius 3 is 2.83 bits per heavy atom. The van der Waals surface area contributed by atoms with Crippen molar-refractivity contribution < 1.29 is 18.9 Å². The molecule has 0 aliphatic carbocycles. The van der Waals surface area contributed by atoms with Gasteiger partial charge in [0.1, 0.15) is 12.4 Å². The molecule has 1 aromatic carbocycles. The quantitative estimate of drug-likeness (QED) is 0.844. The zero-order valence-corrected chi connectivity index (χ0v) is 14.0. The van der Waals surface area contributed by atoms with Gasteiger partial charge in [0, 0.05) is 7.11 Å². The highest BCUT2D eigenvalue weighted by Gasteiger charge is 2.27. The molecule has 0 spiro atoms. The predicted octanol–water partition coefficient (Wildman–Crippen LogP) is 2.29. The molecule has 0 saturated carbocycles. The fourth-order valence-corrected chi connectivity index (χ4v) is 2.72. The molecule has 2 aromatic rings. The molecular weight excluding hydrogens is 310 g/mol. The van der Waals surface area contributed by atoms with E-state index in [2.05, 4.69) is 9.97 Å². The van der Waals surface area contributed by atoms with Gasteiger partial charge in [-0.1, -0.05) is 6.07 Å². The van der Waals surface area contributed by atoms with Crippen LogP contribution >= 0.6 is 0 Å². The van der Waals surface area contributed by atoms with Crippen molar-refractivity contribution in [2.24, 2.45) is 5.73 Å². The van der Waals surface area contributed by atoms with Gasteiger partial charge in [-0.2, -0.15) is 4.98 Å². The van der Waals surface area contributed by atoms with Crippen LogP contribution in [0.4, 0.5) is 0 Å². The minimum absolute atomic E-state index is 0.114. The lowest BCUT2D eigenvalue weighted by molar-refractivity contribution is 0.178. The SMILES string of the molecule is CCOc1ccc([C@@H]2C=C(N)Oc3nc(COC)[nH]c32)cc1OC. The van der Waals surface area contributed by atoms with Crippen LogP contribution in [0.3, 0.4) is 0 Å². The Balaban J connectivity index is 2.00. The molecule has 128 valence electrons. The maximum absolute atomic E-state index is 5.91. The first kappa shape index (κ1) is 16.2. The molecule has 1 aliphatic heterocycles. The maximum atomic E-state index is 5.91. The van der Waals surface area contributed by atoms with Crippen molar-refractivity contribution in [3.8, 4) is 17.4 Å². The van der Waals surface area contributed by atoms with E-state index in [1.807, 2.05) is 31.2 Å². The summed E-state index contributed by atoms with van der Waals surface area (Å²) in [7, 11) is 3.23. The molecule has 0 fully saturated rings. The molecule has 24 heavy (non-hydrogen) atoms. The van der Waals surface area contributed by atoms with Crippen molar-refractivity contribution in [3.63, 3.8) is 0 Å². The summed E-state index contributed by atoms with van der Waals surface area (Å²) in [6, 6.07) is 5.81. The first-order valence-electron chi connectivity index (χ1n) is 7.69. The molecule has 3 N–H and O–H groups in total. The number of hydrogen-bond donors (Lipinski definition) is 2. The van der Waals surface area contributed by atoms with Gasteiger partial charge in [-0.15, -0.1) is 0 Å². The van der Waals surface area contributed by atoms with Gasteiger partial charge in [0.15, 0.2) is 17.4 Å². The number of nitrogens with one attached hydrogen (secondary N) is 1. The first-order valence-corrected chi connectivity index (χ1v) is 7.69. The van der Waals surface area contributed by atoms with Gasteiger partial charge in [0.2, 0.25) is 5.88 Å². The van der Waals surface area contributed by atoms with E-state index in [0.717, 1.165) is 11.3 Å². The van der Waals surface area contributed by atoms with E-state index in [1.54, 1.807) is 14.2 Å². The van der Waals surface area contributed by atoms with Gasteiger partial charge >= 0.3 is 0 Å². The zero-order chi connectivity index (χ0) is 17.1. The van der Waals surface area contributed by atoms with Gasteiger partial charge < -0.3 is 29.7 Å². The highest BCUT2D eigenvalue weighted by molar-refractivity contribution is 5.49. The number of rotatable bonds is 6. The number of imidazole rings is 1. The number of ether oxygens (including phenoxy) is 4. The highest BCUT2D eigenvalue weighted by atomic mass is 16.5. The van der Waals surface area contributed by atoms with Crippen molar-refractivity contribution >= 4 is 0 Å². The Kier molecular flexibility index (Phi) is 4.61. The highest BCUT2D eigenvalue weighted by Crippen LogP contribution is 2.39. The third kappa shape index (κ3) is 3.03. The van der Waals surface area contributed by atoms with Gasteiger partial charge in [-0.3, -0.25) is 0 Å². The number of methoxy groups -OCH3 is 2. The van der Waals surface area contributed by atoms with Crippen LogP contribution in [0.1, 0.15) is 29.9 Å². The molecule has 0 amide bonds. The Bertz CT molecular complexity index is 754. The monoisotopic (exact) mass is 331 g/mol. The second kappa shape index (κ2) is 6.84. The van der Waals surface area contributed by atoms with Gasteiger partial charge in [0.05, 0.1) is 25.3 Å². The van der Waals surface area contributed by atoms with Crippen LogP contribution in [0.2, 0.25) is 0 Å². The lowest BCUT2D eigenvalue weighted by Gasteiger charge is -2.20. The molecular formula is C17H21N3O4. The van der Waals surface area contributed by atoms with Gasteiger partial charge in [-0.25, -0.2) is 0 Å².